The zero-order valence-electron chi connectivity index (χ0n) is 16.7. The van der Waals surface area contributed by atoms with Gasteiger partial charge in [-0.05, 0) is 56.0 Å². The topological polar surface area (TPSA) is 59.0 Å². The van der Waals surface area contributed by atoms with Crippen molar-refractivity contribution in [2.24, 2.45) is 0 Å². The van der Waals surface area contributed by atoms with Gasteiger partial charge in [0.2, 0.25) is 0 Å². The molecular formula is C22H30ClFN4O. The smallest absolute Gasteiger partial charge is 0.271 e. The zero-order valence-corrected chi connectivity index (χ0v) is 17.5. The van der Waals surface area contributed by atoms with Gasteiger partial charge in [0.05, 0.1) is 6.04 Å². The van der Waals surface area contributed by atoms with Gasteiger partial charge in [0.1, 0.15) is 11.5 Å². The van der Waals surface area contributed by atoms with E-state index in [1.54, 1.807) is 18.2 Å². The summed E-state index contributed by atoms with van der Waals surface area (Å²) in [5.74, 6) is -0.363. The molecule has 29 heavy (non-hydrogen) atoms. The SMILES string of the molecule is Cl.O=C(NCC1(c2cccc(F)c2)CCCCC1)c1ccn(C2CCCNC2)n1. The van der Waals surface area contributed by atoms with Gasteiger partial charge < -0.3 is 10.6 Å². The second-order valence-electron chi connectivity index (χ2n) is 8.22. The molecule has 1 aliphatic carbocycles. The number of rotatable bonds is 5. The summed E-state index contributed by atoms with van der Waals surface area (Å²) in [7, 11) is 0. The van der Waals surface area contributed by atoms with E-state index >= 15 is 0 Å². The van der Waals surface area contributed by atoms with Crippen LogP contribution in [0.2, 0.25) is 0 Å². The van der Waals surface area contributed by atoms with Gasteiger partial charge >= 0.3 is 0 Å². The van der Waals surface area contributed by atoms with E-state index in [1.807, 2.05) is 16.9 Å². The molecule has 2 N–H and O–H groups in total. The number of hydrogen-bond acceptors (Lipinski definition) is 3. The fraction of sp³-hybridized carbons (Fsp3) is 0.545. The minimum absolute atomic E-state index is 0. The molecule has 4 rings (SSSR count). The highest BCUT2D eigenvalue weighted by atomic mass is 35.5. The van der Waals surface area contributed by atoms with Gasteiger partial charge in [0.15, 0.2) is 0 Å². The molecule has 1 unspecified atom stereocenters. The Hall–Kier alpha value is -1.92. The predicted molar refractivity (Wildman–Crippen MR) is 114 cm³/mol. The molecule has 7 heteroatoms. The van der Waals surface area contributed by atoms with E-state index < -0.39 is 0 Å². The van der Waals surface area contributed by atoms with Crippen LogP contribution in [0, 0.1) is 5.82 Å². The summed E-state index contributed by atoms with van der Waals surface area (Å²) in [6, 6.07) is 8.97. The first-order valence-corrected chi connectivity index (χ1v) is 10.5. The van der Waals surface area contributed by atoms with Crippen molar-refractivity contribution < 1.29 is 9.18 Å². The van der Waals surface area contributed by atoms with Gasteiger partial charge in [-0.15, -0.1) is 12.4 Å². The Kier molecular flexibility index (Phi) is 7.30. The molecule has 158 valence electrons. The number of hydrogen-bond donors (Lipinski definition) is 2. The normalized spacial score (nSPS) is 21.2. The van der Waals surface area contributed by atoms with Crippen molar-refractivity contribution in [1.82, 2.24) is 20.4 Å². The number of halogens is 2. The molecule has 2 aliphatic rings. The van der Waals surface area contributed by atoms with Gasteiger partial charge in [0.25, 0.3) is 5.91 Å². The fourth-order valence-electron chi connectivity index (χ4n) is 4.68. The molecule has 2 aromatic rings. The molecule has 1 aromatic heterocycles. The van der Waals surface area contributed by atoms with Crippen molar-refractivity contribution in [3.8, 4) is 0 Å². The van der Waals surface area contributed by atoms with Crippen LogP contribution in [0.25, 0.3) is 0 Å². The monoisotopic (exact) mass is 420 g/mol. The highest BCUT2D eigenvalue weighted by molar-refractivity contribution is 5.92. The molecule has 1 aliphatic heterocycles. The molecule has 1 saturated carbocycles. The van der Waals surface area contributed by atoms with Crippen LogP contribution in [0.4, 0.5) is 4.39 Å². The van der Waals surface area contributed by atoms with Crippen LogP contribution < -0.4 is 10.6 Å². The Balaban J connectivity index is 0.00000240. The largest absolute Gasteiger partial charge is 0.350 e. The van der Waals surface area contributed by atoms with Gasteiger partial charge in [-0.1, -0.05) is 31.4 Å². The summed E-state index contributed by atoms with van der Waals surface area (Å²) in [4.78, 5) is 12.7. The predicted octanol–water partition coefficient (Wildman–Crippen LogP) is 4.00. The van der Waals surface area contributed by atoms with Gasteiger partial charge in [0, 0.05) is 24.7 Å². The van der Waals surface area contributed by atoms with Gasteiger partial charge in [-0.25, -0.2) is 4.39 Å². The second-order valence-corrected chi connectivity index (χ2v) is 8.22. The molecule has 2 heterocycles. The Morgan fingerprint density at radius 3 is 2.79 bits per heavy atom. The third-order valence-electron chi connectivity index (χ3n) is 6.32. The molecule has 0 bridgehead atoms. The first-order valence-electron chi connectivity index (χ1n) is 10.5. The Morgan fingerprint density at radius 2 is 2.07 bits per heavy atom. The van der Waals surface area contributed by atoms with E-state index in [4.69, 9.17) is 0 Å². The van der Waals surface area contributed by atoms with E-state index in [2.05, 4.69) is 15.7 Å². The first kappa shape index (κ1) is 21.8. The summed E-state index contributed by atoms with van der Waals surface area (Å²) in [6.45, 7) is 2.46. The highest BCUT2D eigenvalue weighted by Crippen LogP contribution is 2.39. The van der Waals surface area contributed by atoms with Crippen molar-refractivity contribution >= 4 is 18.3 Å². The van der Waals surface area contributed by atoms with E-state index in [1.165, 1.54) is 12.5 Å². The van der Waals surface area contributed by atoms with E-state index in [9.17, 15) is 9.18 Å². The van der Waals surface area contributed by atoms with Crippen LogP contribution >= 0.6 is 12.4 Å². The van der Waals surface area contributed by atoms with Crippen LogP contribution in [-0.2, 0) is 5.41 Å². The highest BCUT2D eigenvalue weighted by Gasteiger charge is 2.34. The summed E-state index contributed by atoms with van der Waals surface area (Å²) in [6.07, 6.45) is 9.46. The second kappa shape index (κ2) is 9.72. The maximum Gasteiger partial charge on any atom is 0.271 e. The Bertz CT molecular complexity index is 813. The lowest BCUT2D eigenvalue weighted by Gasteiger charge is -2.38. The summed E-state index contributed by atoms with van der Waals surface area (Å²) in [5, 5.41) is 11.0. The lowest BCUT2D eigenvalue weighted by molar-refractivity contribution is 0.0930. The molecule has 0 radical (unpaired) electrons. The standard InChI is InChI=1S/C22H29FN4O.ClH/c23-18-7-4-6-17(14-18)22(10-2-1-3-11-22)16-25-21(28)20-9-13-27(26-20)19-8-5-12-24-15-19;/h4,6-7,9,13-14,19,24H,1-3,5,8,10-12,15-16H2,(H,25,28);1H. The summed E-state index contributed by atoms with van der Waals surface area (Å²) in [5.41, 5.74) is 1.26. The molecule has 5 nitrogen and oxygen atoms in total. The van der Waals surface area contributed by atoms with E-state index in [0.717, 1.165) is 57.2 Å². The molecule has 1 aromatic carbocycles. The van der Waals surface area contributed by atoms with Crippen LogP contribution in [0.3, 0.4) is 0 Å². The number of nitrogens with zero attached hydrogens (tertiary/aromatic N) is 2. The molecule has 1 amide bonds. The van der Waals surface area contributed by atoms with Crippen LogP contribution in [0.15, 0.2) is 36.5 Å². The van der Waals surface area contributed by atoms with E-state index in [-0.39, 0.29) is 29.5 Å². The Labute approximate surface area is 177 Å². The molecular weight excluding hydrogens is 391 g/mol. The maximum absolute atomic E-state index is 13.8. The number of carbonyl (C=O) groups is 1. The summed E-state index contributed by atoms with van der Waals surface area (Å²) < 4.78 is 15.7. The fourth-order valence-corrected chi connectivity index (χ4v) is 4.68. The van der Waals surface area contributed by atoms with E-state index in [0.29, 0.717) is 18.3 Å². The zero-order chi connectivity index (χ0) is 19.4. The number of carbonyl (C=O) groups excluding carboxylic acids is 1. The molecule has 2 fully saturated rings. The van der Waals surface area contributed by atoms with Crippen molar-refractivity contribution in [3.05, 3.63) is 53.6 Å². The minimum Gasteiger partial charge on any atom is -0.350 e. The number of amides is 1. The van der Waals surface area contributed by atoms with Crippen molar-refractivity contribution in [1.29, 1.82) is 0 Å². The van der Waals surface area contributed by atoms with Crippen LogP contribution in [0.1, 0.15) is 67.0 Å². The van der Waals surface area contributed by atoms with Crippen LogP contribution in [0.5, 0.6) is 0 Å². The molecule has 1 atom stereocenters. The third kappa shape index (κ3) is 4.98. The number of piperidine rings is 1. The van der Waals surface area contributed by atoms with Crippen molar-refractivity contribution in [2.75, 3.05) is 19.6 Å². The summed E-state index contributed by atoms with van der Waals surface area (Å²) >= 11 is 0. The average Bonchev–Trinajstić information content (AvgIpc) is 3.24. The lowest BCUT2D eigenvalue weighted by Crippen LogP contribution is -2.42. The Morgan fingerprint density at radius 1 is 1.24 bits per heavy atom. The average molecular weight is 421 g/mol. The molecule has 1 saturated heterocycles. The van der Waals surface area contributed by atoms with Gasteiger partial charge in [-0.2, -0.15) is 5.10 Å². The number of nitrogens with one attached hydrogen (secondary N) is 2. The van der Waals surface area contributed by atoms with Crippen molar-refractivity contribution in [3.63, 3.8) is 0 Å². The lowest BCUT2D eigenvalue weighted by atomic mass is 9.69. The minimum atomic E-state index is -0.214. The van der Waals surface area contributed by atoms with Gasteiger partial charge in [-0.3, -0.25) is 9.48 Å². The van der Waals surface area contributed by atoms with Crippen molar-refractivity contribution in [2.45, 2.75) is 56.4 Å². The van der Waals surface area contributed by atoms with Crippen LogP contribution in [-0.4, -0.2) is 35.3 Å². The maximum atomic E-state index is 13.8. The molecule has 0 spiro atoms. The first-order chi connectivity index (χ1) is 13.7. The quantitative estimate of drug-likeness (QED) is 0.768. The number of benzene rings is 1. The third-order valence-corrected chi connectivity index (χ3v) is 6.32. The number of aromatic nitrogens is 2.